The monoisotopic (exact) mass is 498 g/mol. The Bertz CT molecular complexity index is 636. The molecule has 1 unspecified atom stereocenters. The molecule has 186 valence electrons. The summed E-state index contributed by atoms with van der Waals surface area (Å²) in [4.78, 5) is 31.7. The molecule has 0 bridgehead atoms. The van der Waals surface area contributed by atoms with Crippen molar-refractivity contribution in [3.8, 4) is 0 Å². The average molecular weight is 499 g/mol. The molecule has 8 nitrogen and oxygen atoms in total. The predicted octanol–water partition coefficient (Wildman–Crippen LogP) is 0.543. The Kier molecular flexibility index (Phi) is 18.3. The summed E-state index contributed by atoms with van der Waals surface area (Å²) in [7, 11) is -5.00. The second kappa shape index (κ2) is 18.3. The molecule has 0 aliphatic carbocycles. The number of phosphoric ester groups is 1. The summed E-state index contributed by atoms with van der Waals surface area (Å²) in [6.45, 7) is 3.87. The summed E-state index contributed by atoms with van der Waals surface area (Å²) in [6, 6.07) is 0. The van der Waals surface area contributed by atoms with Gasteiger partial charge in [0.1, 0.15) is 12.2 Å². The Hall–Kier alpha value is -0.0200. The van der Waals surface area contributed by atoms with Gasteiger partial charge in [-0.05, 0) is 25.0 Å². The number of ether oxygens (including phenoxy) is 1. The van der Waals surface area contributed by atoms with Crippen LogP contribution in [0.4, 0.5) is 0 Å². The third kappa shape index (κ3) is 15.6. The minimum absolute atomic E-state index is 0. The summed E-state index contributed by atoms with van der Waals surface area (Å²) in [5.41, 5.74) is 0. The Morgan fingerprint density at radius 1 is 1.18 bits per heavy atom. The molecule has 0 aromatic rings. The van der Waals surface area contributed by atoms with Crippen LogP contribution in [-0.2, 0) is 18.6 Å². The van der Waals surface area contributed by atoms with E-state index in [1.165, 1.54) is 56.8 Å². The number of carbonyl (C=O) groups excluding carboxylic acids is 1. The van der Waals surface area contributed by atoms with E-state index in [-0.39, 0.29) is 36.0 Å². The molecule has 0 spiro atoms. The molecule has 0 saturated heterocycles. The average Bonchev–Trinajstić information content (AvgIpc) is 2.72. The normalized spacial score (nSPS) is 22.9. The van der Waals surface area contributed by atoms with Crippen molar-refractivity contribution in [1.82, 2.24) is 0 Å². The van der Waals surface area contributed by atoms with Gasteiger partial charge >= 0.3 is 35.5 Å². The van der Waals surface area contributed by atoms with Crippen molar-refractivity contribution in [2.24, 2.45) is 5.92 Å². The minimum atomic E-state index is -5.00. The van der Waals surface area contributed by atoms with E-state index in [0.29, 0.717) is 6.42 Å². The molecule has 0 aromatic heterocycles. The molecule has 1 aliphatic heterocycles. The van der Waals surface area contributed by atoms with Crippen molar-refractivity contribution in [2.45, 2.75) is 109 Å². The molecule has 0 amide bonds. The van der Waals surface area contributed by atoms with E-state index in [4.69, 9.17) is 14.2 Å². The molecular formula is C23H40NaO8P. The van der Waals surface area contributed by atoms with Gasteiger partial charge in [-0.1, -0.05) is 77.7 Å². The number of aliphatic hydroxyl groups is 2. The molecule has 1 heterocycles. The first kappa shape index (κ1) is 33.0. The van der Waals surface area contributed by atoms with Crippen molar-refractivity contribution in [2.75, 3.05) is 0 Å². The second-order valence-corrected chi connectivity index (χ2v) is 9.72. The van der Waals surface area contributed by atoms with E-state index in [1.54, 1.807) is 6.92 Å². The van der Waals surface area contributed by atoms with Crippen molar-refractivity contribution in [3.63, 3.8) is 0 Å². The van der Waals surface area contributed by atoms with Gasteiger partial charge in [0.25, 0.3) is 7.82 Å². The van der Waals surface area contributed by atoms with E-state index in [2.05, 4.69) is 6.92 Å². The summed E-state index contributed by atoms with van der Waals surface area (Å²) in [6.07, 6.45) is 12.7. The van der Waals surface area contributed by atoms with Crippen molar-refractivity contribution < 1.29 is 68.2 Å². The fraction of sp³-hybridized carbons (Fsp3) is 0.783. The maximum absolute atomic E-state index is 11.3. The predicted molar refractivity (Wildman–Crippen MR) is 120 cm³/mol. The molecule has 1 aliphatic rings. The number of unbranched alkanes of at least 4 members (excludes halogenated alkanes) is 8. The second-order valence-electron chi connectivity index (χ2n) is 8.57. The molecule has 3 N–H and O–H groups in total. The molecule has 0 radical (unpaired) electrons. The Morgan fingerprint density at radius 3 is 2.33 bits per heavy atom. The number of phosphoric acid groups is 1. The zero-order valence-corrected chi connectivity index (χ0v) is 23.2. The van der Waals surface area contributed by atoms with Gasteiger partial charge in [-0.2, -0.15) is 0 Å². The molecular weight excluding hydrogens is 458 g/mol. The molecule has 6 atom stereocenters. The minimum Gasteiger partial charge on any atom is -0.756 e. The van der Waals surface area contributed by atoms with Crippen LogP contribution in [0, 0.1) is 5.92 Å². The van der Waals surface area contributed by atoms with Crippen LogP contribution < -0.4 is 34.5 Å². The van der Waals surface area contributed by atoms with Gasteiger partial charge in [-0.15, -0.1) is 0 Å². The van der Waals surface area contributed by atoms with E-state index in [1.807, 2.05) is 0 Å². The zero-order chi connectivity index (χ0) is 24.0. The van der Waals surface area contributed by atoms with Crippen LogP contribution >= 0.6 is 7.82 Å². The van der Waals surface area contributed by atoms with Crippen molar-refractivity contribution in [3.05, 3.63) is 24.3 Å². The number of rotatable bonds is 17. The Labute approximate surface area is 220 Å². The van der Waals surface area contributed by atoms with Crippen LogP contribution in [0.5, 0.6) is 0 Å². The number of aliphatic hydroxyl groups excluding tert-OH is 2. The van der Waals surface area contributed by atoms with E-state index in [0.717, 1.165) is 25.3 Å². The van der Waals surface area contributed by atoms with Gasteiger partial charge < -0.3 is 29.3 Å². The summed E-state index contributed by atoms with van der Waals surface area (Å²) >= 11 is 0. The van der Waals surface area contributed by atoms with Crippen LogP contribution in [0.15, 0.2) is 24.3 Å². The zero-order valence-electron chi connectivity index (χ0n) is 20.3. The molecule has 0 saturated carbocycles. The standard InChI is InChI=1S/C23H41O8P.Na/c1-3-4-5-6-7-8-9-10-11-13-19(24)18(2)21(31-32(27,28)29)14-12-15-22-20(25)16-17-23(26)30-22;/h12,15-22,24-25H,3-11,13-14H2,1-2H3,(H2,27,28,29);/q;+1/p-1/b15-12+;/t18-,19-,20-,21-,22-;/m0./s1. The van der Waals surface area contributed by atoms with Gasteiger partial charge in [0.15, 0.2) is 0 Å². The summed E-state index contributed by atoms with van der Waals surface area (Å²) in [5.74, 6) is -1.14. The van der Waals surface area contributed by atoms with Gasteiger partial charge in [-0.3, -0.25) is 4.57 Å². The first-order valence-electron chi connectivity index (χ1n) is 11.8. The fourth-order valence-corrected chi connectivity index (χ4v) is 4.35. The van der Waals surface area contributed by atoms with Crippen LogP contribution in [0.25, 0.3) is 0 Å². The van der Waals surface area contributed by atoms with Crippen molar-refractivity contribution >= 4 is 13.8 Å². The van der Waals surface area contributed by atoms with Gasteiger partial charge in [0.05, 0.1) is 12.2 Å². The van der Waals surface area contributed by atoms with Crippen molar-refractivity contribution in [1.29, 1.82) is 0 Å². The van der Waals surface area contributed by atoms with E-state index < -0.39 is 44.1 Å². The number of carbonyl (C=O) groups is 1. The summed E-state index contributed by atoms with van der Waals surface area (Å²) in [5, 5.41) is 20.3. The first-order valence-corrected chi connectivity index (χ1v) is 13.3. The summed E-state index contributed by atoms with van der Waals surface area (Å²) < 4.78 is 21.1. The molecule has 1 rings (SSSR count). The van der Waals surface area contributed by atoms with Crippen LogP contribution in [0.1, 0.15) is 84.5 Å². The van der Waals surface area contributed by atoms with Crippen LogP contribution in [-0.4, -0.2) is 45.5 Å². The maximum atomic E-state index is 11.3. The quantitative estimate of drug-likeness (QED) is 0.0869. The number of hydrogen-bond donors (Lipinski definition) is 3. The van der Waals surface area contributed by atoms with E-state index >= 15 is 0 Å². The largest absolute Gasteiger partial charge is 1.00 e. The van der Waals surface area contributed by atoms with Crippen LogP contribution in [0.3, 0.4) is 0 Å². The van der Waals surface area contributed by atoms with Crippen LogP contribution in [0.2, 0.25) is 0 Å². The third-order valence-electron chi connectivity index (χ3n) is 5.78. The Balaban J connectivity index is 0.0000102. The molecule has 0 aromatic carbocycles. The number of cyclic esters (lactones) is 1. The van der Waals surface area contributed by atoms with Gasteiger partial charge in [0.2, 0.25) is 0 Å². The Morgan fingerprint density at radius 2 is 1.76 bits per heavy atom. The number of esters is 1. The van der Waals surface area contributed by atoms with Gasteiger partial charge in [0, 0.05) is 12.0 Å². The van der Waals surface area contributed by atoms with Gasteiger partial charge in [-0.25, -0.2) is 4.79 Å². The molecule has 0 fully saturated rings. The third-order valence-corrected chi connectivity index (χ3v) is 6.32. The first-order chi connectivity index (χ1) is 15.1. The van der Waals surface area contributed by atoms with E-state index in [9.17, 15) is 24.5 Å². The number of hydrogen-bond acceptors (Lipinski definition) is 7. The smallest absolute Gasteiger partial charge is 0.756 e. The molecule has 10 heteroatoms. The topological polar surface area (TPSA) is 136 Å². The molecule has 33 heavy (non-hydrogen) atoms. The maximum Gasteiger partial charge on any atom is 1.00 e. The fourth-order valence-electron chi connectivity index (χ4n) is 3.73. The SMILES string of the molecule is CCCCCCCCCCC[C@H](O)[C@H](C)[C@H](C/C=C/[C@@H]1OC(=O)C=C[C@@H]1O)OP(=O)([O-])O.[Na+].